The van der Waals surface area contributed by atoms with Gasteiger partial charge in [0.2, 0.25) is 15.7 Å². The first-order chi connectivity index (χ1) is 13.4. The zero-order valence-electron chi connectivity index (χ0n) is 15.4. The summed E-state index contributed by atoms with van der Waals surface area (Å²) in [7, 11) is -2.23. The molecule has 4 rings (SSSR count). The van der Waals surface area contributed by atoms with Crippen LogP contribution in [0.4, 0.5) is 5.69 Å². The molecule has 144 valence electrons. The van der Waals surface area contributed by atoms with Crippen LogP contribution in [0.3, 0.4) is 0 Å². The van der Waals surface area contributed by atoms with Crippen molar-refractivity contribution in [1.82, 2.24) is 0 Å². The van der Waals surface area contributed by atoms with E-state index in [0.717, 1.165) is 16.0 Å². The minimum atomic E-state index is -3.76. The number of carbonyl (C=O) groups is 1. The second-order valence-electron chi connectivity index (χ2n) is 6.68. The van der Waals surface area contributed by atoms with Gasteiger partial charge >= 0.3 is 0 Å². The van der Waals surface area contributed by atoms with E-state index in [1.807, 2.05) is 31.2 Å². The van der Waals surface area contributed by atoms with E-state index in [1.54, 1.807) is 17.5 Å². The van der Waals surface area contributed by atoms with Crippen LogP contribution in [0.15, 0.2) is 63.7 Å². The van der Waals surface area contributed by atoms with Crippen LogP contribution in [-0.2, 0) is 14.6 Å². The van der Waals surface area contributed by atoms with Gasteiger partial charge in [0.15, 0.2) is 0 Å². The van der Waals surface area contributed by atoms with Crippen LogP contribution < -0.4 is 10.1 Å². The number of nitrogens with one attached hydrogen (secondary N) is 1. The predicted molar refractivity (Wildman–Crippen MR) is 109 cm³/mol. The summed E-state index contributed by atoms with van der Waals surface area (Å²) in [5.41, 5.74) is 2.54. The quantitative estimate of drug-likeness (QED) is 0.689. The van der Waals surface area contributed by atoms with E-state index >= 15 is 0 Å². The number of aryl methyl sites for hydroxylation is 1. The monoisotopic (exact) mass is 413 g/mol. The van der Waals surface area contributed by atoms with E-state index in [4.69, 9.17) is 4.74 Å². The van der Waals surface area contributed by atoms with E-state index in [9.17, 15) is 13.2 Å². The summed E-state index contributed by atoms with van der Waals surface area (Å²) in [5, 5.41) is 4.42. The van der Waals surface area contributed by atoms with E-state index in [0.29, 0.717) is 17.9 Å². The molecule has 2 aromatic carbocycles. The van der Waals surface area contributed by atoms with Gasteiger partial charge in [0.25, 0.3) is 0 Å². The van der Waals surface area contributed by atoms with Gasteiger partial charge in [-0.05, 0) is 42.3 Å². The summed E-state index contributed by atoms with van der Waals surface area (Å²) in [6.45, 7) is 2.00. The molecule has 0 radical (unpaired) electrons. The number of benzene rings is 2. The van der Waals surface area contributed by atoms with E-state index < -0.39 is 9.84 Å². The first-order valence-corrected chi connectivity index (χ1v) is 11.1. The number of rotatable bonds is 4. The molecule has 1 N–H and O–H groups in total. The molecule has 3 aromatic rings. The number of amides is 1. The normalized spacial score (nSPS) is 16.4. The molecule has 5 nitrogen and oxygen atoms in total. The maximum atomic E-state index is 13.2. The molecular formula is C21H19NO4S2. The van der Waals surface area contributed by atoms with Crippen LogP contribution in [0.25, 0.3) is 0 Å². The Labute approximate surface area is 167 Å². The number of carbonyl (C=O) groups excluding carboxylic acids is 1. The van der Waals surface area contributed by atoms with E-state index in [-0.39, 0.29) is 21.6 Å². The molecule has 1 unspecified atom stereocenters. The Balaban J connectivity index is 1.82. The van der Waals surface area contributed by atoms with E-state index in [1.165, 1.54) is 30.6 Å². The lowest BCUT2D eigenvalue weighted by molar-refractivity contribution is -0.116. The molecule has 1 aromatic heterocycles. The number of anilines is 1. The lowest BCUT2D eigenvalue weighted by atomic mass is 9.88. The van der Waals surface area contributed by atoms with Crippen molar-refractivity contribution in [2.75, 3.05) is 12.4 Å². The predicted octanol–water partition coefficient (Wildman–Crippen LogP) is 4.37. The highest BCUT2D eigenvalue weighted by molar-refractivity contribution is 7.91. The molecule has 0 fully saturated rings. The Hall–Kier alpha value is -2.64. The fourth-order valence-corrected chi connectivity index (χ4v) is 6.41. The fourth-order valence-electron chi connectivity index (χ4n) is 3.51. The van der Waals surface area contributed by atoms with Crippen molar-refractivity contribution in [3.05, 3.63) is 69.9 Å². The molecule has 2 heterocycles. The lowest BCUT2D eigenvalue weighted by Gasteiger charge is -2.25. The molecule has 7 heteroatoms. The Kier molecular flexibility index (Phi) is 4.72. The van der Waals surface area contributed by atoms with Gasteiger partial charge in [-0.1, -0.05) is 24.3 Å². The average molecular weight is 414 g/mol. The van der Waals surface area contributed by atoms with Crippen molar-refractivity contribution in [1.29, 1.82) is 0 Å². The highest BCUT2D eigenvalue weighted by Crippen LogP contribution is 2.46. The molecule has 1 aliphatic rings. The second-order valence-corrected chi connectivity index (χ2v) is 9.51. The topological polar surface area (TPSA) is 72.5 Å². The fraction of sp³-hybridized carbons (Fsp3) is 0.190. The minimum Gasteiger partial charge on any atom is -0.497 e. The maximum absolute atomic E-state index is 13.2. The number of ether oxygens (including phenoxy) is 1. The van der Waals surface area contributed by atoms with E-state index in [2.05, 4.69) is 5.32 Å². The number of fused-ring (bicyclic) bond motifs is 1. The van der Waals surface area contributed by atoms with Gasteiger partial charge in [-0.25, -0.2) is 8.42 Å². The third-order valence-electron chi connectivity index (χ3n) is 4.98. The molecule has 0 saturated carbocycles. The van der Waals surface area contributed by atoms with Gasteiger partial charge in [0, 0.05) is 22.6 Å². The molecule has 28 heavy (non-hydrogen) atoms. The third-order valence-corrected chi connectivity index (χ3v) is 8.02. The summed E-state index contributed by atoms with van der Waals surface area (Å²) < 4.78 is 31.5. The summed E-state index contributed by atoms with van der Waals surface area (Å²) in [4.78, 5) is 13.6. The number of hydrogen-bond acceptors (Lipinski definition) is 5. The highest BCUT2D eigenvalue weighted by atomic mass is 32.2. The summed E-state index contributed by atoms with van der Waals surface area (Å²) >= 11 is 1.38. The molecule has 0 spiro atoms. The van der Waals surface area contributed by atoms with Gasteiger partial charge in [-0.2, -0.15) is 0 Å². The molecule has 1 amide bonds. The SMILES string of the molecule is COc1ccc(S(=O)(=O)c2csc3c2NC(=O)CC3c2ccccc2C)cc1. The molecule has 1 atom stereocenters. The molecule has 0 aliphatic carbocycles. The Morgan fingerprint density at radius 1 is 1.11 bits per heavy atom. The first kappa shape index (κ1) is 18.7. The summed E-state index contributed by atoms with van der Waals surface area (Å²) in [5.74, 6) is 0.263. The number of methoxy groups -OCH3 is 1. The highest BCUT2D eigenvalue weighted by Gasteiger charge is 2.34. The van der Waals surface area contributed by atoms with Crippen LogP contribution in [-0.4, -0.2) is 21.4 Å². The zero-order valence-corrected chi connectivity index (χ0v) is 17.1. The Morgan fingerprint density at radius 3 is 2.50 bits per heavy atom. The smallest absolute Gasteiger partial charge is 0.225 e. The third kappa shape index (κ3) is 3.10. The summed E-state index contributed by atoms with van der Waals surface area (Å²) in [6.07, 6.45) is 0.306. The van der Waals surface area contributed by atoms with Crippen molar-refractivity contribution in [3.63, 3.8) is 0 Å². The molecule has 0 saturated heterocycles. The second kappa shape index (κ2) is 7.07. The van der Waals surface area contributed by atoms with Crippen molar-refractivity contribution >= 4 is 32.8 Å². The maximum Gasteiger partial charge on any atom is 0.225 e. The van der Waals surface area contributed by atoms with Crippen LogP contribution >= 0.6 is 11.3 Å². The first-order valence-electron chi connectivity index (χ1n) is 8.77. The summed E-state index contributed by atoms with van der Waals surface area (Å²) in [6, 6.07) is 14.2. The Bertz CT molecular complexity index is 1150. The average Bonchev–Trinajstić information content (AvgIpc) is 3.12. The number of thiophene rings is 1. The number of hydrogen-bond donors (Lipinski definition) is 1. The van der Waals surface area contributed by atoms with Crippen LogP contribution in [0.2, 0.25) is 0 Å². The number of sulfone groups is 1. The standard InChI is InChI=1S/C21H19NO4S2/c1-13-5-3-4-6-16(13)17-11-19(23)22-20-18(12-27-21(17)20)28(24,25)15-9-7-14(26-2)8-10-15/h3-10,12,17H,11H2,1-2H3,(H,22,23). The largest absolute Gasteiger partial charge is 0.497 e. The van der Waals surface area contributed by atoms with Gasteiger partial charge < -0.3 is 10.1 Å². The van der Waals surface area contributed by atoms with Crippen molar-refractivity contribution in [2.45, 2.75) is 29.1 Å². The van der Waals surface area contributed by atoms with Crippen molar-refractivity contribution in [2.24, 2.45) is 0 Å². The van der Waals surface area contributed by atoms with Gasteiger partial charge in [-0.3, -0.25) is 4.79 Å². The minimum absolute atomic E-state index is 0.143. The van der Waals surface area contributed by atoms with Crippen LogP contribution in [0.5, 0.6) is 5.75 Å². The lowest BCUT2D eigenvalue weighted by Crippen LogP contribution is -2.23. The molecule has 0 bridgehead atoms. The van der Waals surface area contributed by atoms with Crippen LogP contribution in [0, 0.1) is 6.92 Å². The molecular weight excluding hydrogens is 394 g/mol. The van der Waals surface area contributed by atoms with Gasteiger partial charge in [-0.15, -0.1) is 11.3 Å². The van der Waals surface area contributed by atoms with Crippen molar-refractivity contribution < 1.29 is 17.9 Å². The zero-order chi connectivity index (χ0) is 19.9. The van der Waals surface area contributed by atoms with Gasteiger partial charge in [0.05, 0.1) is 17.7 Å². The molecule has 1 aliphatic heterocycles. The van der Waals surface area contributed by atoms with Crippen molar-refractivity contribution in [3.8, 4) is 5.75 Å². The Morgan fingerprint density at radius 2 is 1.82 bits per heavy atom. The van der Waals surface area contributed by atoms with Gasteiger partial charge in [0.1, 0.15) is 10.6 Å². The van der Waals surface area contributed by atoms with Crippen LogP contribution in [0.1, 0.15) is 28.3 Å².